The number of hydrogen-bond donors (Lipinski definition) is 2. The molecule has 0 radical (unpaired) electrons. The number of rotatable bonds is 5. The first-order chi connectivity index (χ1) is 11.2. The fraction of sp³-hybridized carbons (Fsp3) is 0.316. The van der Waals surface area contributed by atoms with Gasteiger partial charge < -0.3 is 15.8 Å². The van der Waals surface area contributed by atoms with Gasteiger partial charge in [0, 0.05) is 17.6 Å². The minimum Gasteiger partial charge on any atom is -0.489 e. The first-order valence-electron chi connectivity index (χ1n) is 8.04. The third-order valence-corrected chi connectivity index (χ3v) is 4.21. The molecule has 1 fully saturated rings. The number of nitrogens with two attached hydrogens (primary N) is 1. The summed E-state index contributed by atoms with van der Waals surface area (Å²) in [6.45, 7) is 0.534. The van der Waals surface area contributed by atoms with Crippen LogP contribution in [0.15, 0.2) is 54.6 Å². The third-order valence-electron chi connectivity index (χ3n) is 4.21. The van der Waals surface area contributed by atoms with Crippen molar-refractivity contribution in [2.45, 2.75) is 31.9 Å². The second-order valence-electron chi connectivity index (χ2n) is 6.06. The average Bonchev–Trinajstić information content (AvgIpc) is 3.02. The van der Waals surface area contributed by atoms with Gasteiger partial charge in [0.2, 0.25) is 5.91 Å². The minimum absolute atomic E-state index is 0. The van der Waals surface area contributed by atoms with E-state index in [0.717, 1.165) is 36.3 Å². The summed E-state index contributed by atoms with van der Waals surface area (Å²) in [6, 6.07) is 17.7. The Labute approximate surface area is 148 Å². The summed E-state index contributed by atoms with van der Waals surface area (Å²) < 4.78 is 5.74. The van der Waals surface area contributed by atoms with Gasteiger partial charge in [-0.2, -0.15) is 0 Å². The van der Waals surface area contributed by atoms with Crippen LogP contribution >= 0.6 is 12.4 Å². The summed E-state index contributed by atoms with van der Waals surface area (Å²) >= 11 is 0. The van der Waals surface area contributed by atoms with Crippen LogP contribution in [-0.4, -0.2) is 11.9 Å². The van der Waals surface area contributed by atoms with Gasteiger partial charge in [-0.25, -0.2) is 0 Å². The number of halogens is 1. The van der Waals surface area contributed by atoms with Gasteiger partial charge in [0.05, 0.1) is 0 Å². The van der Waals surface area contributed by atoms with Crippen molar-refractivity contribution in [1.82, 2.24) is 0 Å². The highest BCUT2D eigenvalue weighted by atomic mass is 35.5. The van der Waals surface area contributed by atoms with E-state index in [9.17, 15) is 4.79 Å². The van der Waals surface area contributed by atoms with Crippen molar-refractivity contribution >= 4 is 24.0 Å². The molecular weight excluding hydrogens is 324 g/mol. The largest absolute Gasteiger partial charge is 0.489 e. The zero-order valence-corrected chi connectivity index (χ0v) is 14.3. The van der Waals surface area contributed by atoms with Gasteiger partial charge in [0.25, 0.3) is 0 Å². The number of amides is 1. The van der Waals surface area contributed by atoms with Crippen molar-refractivity contribution in [3.05, 3.63) is 60.2 Å². The fourth-order valence-corrected chi connectivity index (χ4v) is 2.87. The lowest BCUT2D eigenvalue weighted by atomic mass is 10.1. The quantitative estimate of drug-likeness (QED) is 0.866. The molecule has 3 N–H and O–H groups in total. The van der Waals surface area contributed by atoms with E-state index in [1.165, 1.54) is 0 Å². The highest BCUT2D eigenvalue weighted by Crippen LogP contribution is 2.26. The predicted molar refractivity (Wildman–Crippen MR) is 98.4 cm³/mol. The zero-order valence-electron chi connectivity index (χ0n) is 13.5. The molecule has 2 unspecified atom stereocenters. The molecule has 0 spiro atoms. The Hall–Kier alpha value is -2.04. The molecule has 128 valence electrons. The fourth-order valence-electron chi connectivity index (χ4n) is 2.87. The number of hydrogen-bond acceptors (Lipinski definition) is 3. The van der Waals surface area contributed by atoms with E-state index >= 15 is 0 Å². The molecule has 2 aromatic carbocycles. The molecule has 1 amide bonds. The number of nitrogens with one attached hydrogen (secondary N) is 1. The van der Waals surface area contributed by atoms with E-state index in [4.69, 9.17) is 10.5 Å². The van der Waals surface area contributed by atoms with Crippen molar-refractivity contribution in [3.63, 3.8) is 0 Å². The highest BCUT2D eigenvalue weighted by Gasteiger charge is 2.27. The summed E-state index contributed by atoms with van der Waals surface area (Å²) in [7, 11) is 0. The Morgan fingerprint density at radius 3 is 2.42 bits per heavy atom. The Morgan fingerprint density at radius 1 is 1.08 bits per heavy atom. The second-order valence-corrected chi connectivity index (χ2v) is 6.06. The van der Waals surface area contributed by atoms with Gasteiger partial charge in [-0.3, -0.25) is 4.79 Å². The second kappa shape index (κ2) is 8.71. The molecule has 0 heterocycles. The van der Waals surface area contributed by atoms with Gasteiger partial charge in [0.15, 0.2) is 0 Å². The highest BCUT2D eigenvalue weighted by molar-refractivity contribution is 5.92. The van der Waals surface area contributed by atoms with Gasteiger partial charge >= 0.3 is 0 Å². The molecule has 5 heteroatoms. The maximum absolute atomic E-state index is 12.2. The Balaban J connectivity index is 0.00000208. The number of anilines is 1. The number of ether oxygens (including phenoxy) is 1. The molecule has 1 aliphatic rings. The molecule has 4 nitrogen and oxygen atoms in total. The normalized spacial score (nSPS) is 19.4. The standard InChI is InChI=1S/C19H22N2O2.ClH/c20-16-7-6-15(12-16)19(22)21-17-8-10-18(11-9-17)23-13-14-4-2-1-3-5-14;/h1-5,8-11,15-16H,6-7,12-13,20H2,(H,21,22);1H. The molecule has 0 bridgehead atoms. The van der Waals surface area contributed by atoms with Crippen LogP contribution in [0.1, 0.15) is 24.8 Å². The summed E-state index contributed by atoms with van der Waals surface area (Å²) in [5.74, 6) is 0.893. The van der Waals surface area contributed by atoms with Crippen molar-refractivity contribution in [2.75, 3.05) is 5.32 Å². The number of carbonyl (C=O) groups is 1. The van der Waals surface area contributed by atoms with E-state index in [2.05, 4.69) is 5.32 Å². The van der Waals surface area contributed by atoms with E-state index in [1.807, 2.05) is 54.6 Å². The van der Waals surface area contributed by atoms with Gasteiger partial charge in [-0.1, -0.05) is 30.3 Å². The summed E-state index contributed by atoms with van der Waals surface area (Å²) in [5, 5.41) is 2.96. The minimum atomic E-state index is 0. The van der Waals surface area contributed by atoms with Crippen LogP contribution in [0.3, 0.4) is 0 Å². The molecule has 0 saturated heterocycles. The molecule has 1 saturated carbocycles. The average molecular weight is 347 g/mol. The first kappa shape index (κ1) is 18.3. The van der Waals surface area contributed by atoms with Crippen LogP contribution in [0.2, 0.25) is 0 Å². The molecule has 24 heavy (non-hydrogen) atoms. The van der Waals surface area contributed by atoms with Crippen LogP contribution < -0.4 is 15.8 Å². The van der Waals surface area contributed by atoms with Crippen LogP contribution in [0.5, 0.6) is 5.75 Å². The molecule has 1 aliphatic carbocycles. The summed E-state index contributed by atoms with van der Waals surface area (Å²) in [5.41, 5.74) is 7.78. The molecule has 0 aliphatic heterocycles. The van der Waals surface area contributed by atoms with E-state index in [-0.39, 0.29) is 30.3 Å². The maximum Gasteiger partial charge on any atom is 0.227 e. The molecule has 2 atom stereocenters. The Bertz CT molecular complexity index is 646. The van der Waals surface area contributed by atoms with Crippen molar-refractivity contribution in [1.29, 1.82) is 0 Å². The lowest BCUT2D eigenvalue weighted by Gasteiger charge is -2.11. The van der Waals surface area contributed by atoms with Crippen LogP contribution in [-0.2, 0) is 11.4 Å². The molecule has 0 aromatic heterocycles. The number of benzene rings is 2. The monoisotopic (exact) mass is 346 g/mol. The third kappa shape index (κ3) is 4.98. The van der Waals surface area contributed by atoms with E-state index in [1.54, 1.807) is 0 Å². The first-order valence-corrected chi connectivity index (χ1v) is 8.04. The van der Waals surface area contributed by atoms with Crippen molar-refractivity contribution in [3.8, 4) is 5.75 Å². The molecule has 2 aromatic rings. The van der Waals surface area contributed by atoms with Crippen LogP contribution in [0, 0.1) is 5.92 Å². The molecular formula is C19H23ClN2O2. The van der Waals surface area contributed by atoms with Gasteiger partial charge in [-0.05, 0) is 49.1 Å². The van der Waals surface area contributed by atoms with Crippen LogP contribution in [0.4, 0.5) is 5.69 Å². The van der Waals surface area contributed by atoms with Crippen LogP contribution in [0.25, 0.3) is 0 Å². The lowest BCUT2D eigenvalue weighted by Crippen LogP contribution is -2.23. The maximum atomic E-state index is 12.2. The van der Waals surface area contributed by atoms with Gasteiger partial charge in [0.1, 0.15) is 12.4 Å². The number of carbonyl (C=O) groups excluding carboxylic acids is 1. The van der Waals surface area contributed by atoms with Crippen molar-refractivity contribution < 1.29 is 9.53 Å². The molecule has 3 rings (SSSR count). The van der Waals surface area contributed by atoms with E-state index < -0.39 is 0 Å². The van der Waals surface area contributed by atoms with E-state index in [0.29, 0.717) is 6.61 Å². The Kier molecular flexibility index (Phi) is 6.64. The predicted octanol–water partition coefficient (Wildman–Crippen LogP) is 3.75. The summed E-state index contributed by atoms with van der Waals surface area (Å²) in [6.07, 6.45) is 2.60. The topological polar surface area (TPSA) is 64.4 Å². The van der Waals surface area contributed by atoms with Crippen molar-refractivity contribution in [2.24, 2.45) is 11.7 Å². The summed E-state index contributed by atoms with van der Waals surface area (Å²) in [4.78, 5) is 12.2. The Morgan fingerprint density at radius 2 is 1.79 bits per heavy atom. The smallest absolute Gasteiger partial charge is 0.227 e. The SMILES string of the molecule is Cl.NC1CCC(C(=O)Nc2ccc(OCc3ccccc3)cc2)C1. The lowest BCUT2D eigenvalue weighted by molar-refractivity contribution is -0.119. The zero-order chi connectivity index (χ0) is 16.1. The van der Waals surface area contributed by atoms with Gasteiger partial charge in [-0.15, -0.1) is 12.4 Å².